The molecule has 0 saturated carbocycles. The van der Waals surface area contributed by atoms with E-state index in [0.717, 1.165) is 0 Å². The van der Waals surface area contributed by atoms with E-state index in [1.165, 1.54) is 32.7 Å². The highest BCUT2D eigenvalue weighted by atomic mass is 14.0. The maximum atomic E-state index is 3.78. The van der Waals surface area contributed by atoms with E-state index in [9.17, 15) is 0 Å². The van der Waals surface area contributed by atoms with Crippen molar-refractivity contribution in [2.24, 2.45) is 0 Å². The molecule has 0 radical (unpaired) electrons. The topological polar surface area (TPSA) is 0 Å². The van der Waals surface area contributed by atoms with Gasteiger partial charge in [-0.25, -0.2) is 0 Å². The summed E-state index contributed by atoms with van der Waals surface area (Å²) in [6.45, 7) is 7.52. The number of fused-ring (bicyclic) bond motifs is 2. The van der Waals surface area contributed by atoms with Crippen LogP contribution >= 0.6 is 0 Å². The molecule has 0 nitrogen and oxygen atoms in total. The quantitative estimate of drug-likeness (QED) is 0.375. The third kappa shape index (κ3) is 3.44. The summed E-state index contributed by atoms with van der Waals surface area (Å²) in [7, 11) is 0. The van der Waals surface area contributed by atoms with Crippen LogP contribution in [0.4, 0.5) is 0 Å². The van der Waals surface area contributed by atoms with E-state index in [1.54, 1.807) is 0 Å². The first-order chi connectivity index (χ1) is 11.8. The van der Waals surface area contributed by atoms with Gasteiger partial charge >= 0.3 is 0 Å². The third-order valence-corrected chi connectivity index (χ3v) is 4.05. The summed E-state index contributed by atoms with van der Waals surface area (Å²) in [5.74, 6) is 0. The van der Waals surface area contributed by atoms with Crippen LogP contribution in [-0.2, 0) is 0 Å². The second kappa shape index (κ2) is 7.43. The molecule has 0 atom stereocenters. The molecular weight excluding hydrogens is 288 g/mol. The highest BCUT2D eigenvalue weighted by molar-refractivity contribution is 5.90. The Hall–Kier alpha value is -3.12. The van der Waals surface area contributed by atoms with Crippen LogP contribution in [-0.4, -0.2) is 0 Å². The number of rotatable bonds is 2. The van der Waals surface area contributed by atoms with Crippen molar-refractivity contribution in [2.75, 3.05) is 0 Å². The van der Waals surface area contributed by atoms with Crippen molar-refractivity contribution in [3.63, 3.8) is 0 Å². The second-order valence-corrected chi connectivity index (χ2v) is 5.58. The summed E-state index contributed by atoms with van der Waals surface area (Å²) >= 11 is 0. The Bertz CT molecular complexity index is 981. The zero-order chi connectivity index (χ0) is 16.8. The van der Waals surface area contributed by atoms with Crippen molar-refractivity contribution < 1.29 is 0 Å². The molecule has 4 aromatic rings. The van der Waals surface area contributed by atoms with Crippen LogP contribution in [0, 0.1) is 0 Å². The van der Waals surface area contributed by atoms with Crippen molar-refractivity contribution in [2.45, 2.75) is 0 Å². The zero-order valence-corrected chi connectivity index (χ0v) is 13.7. The van der Waals surface area contributed by atoms with Gasteiger partial charge in [-0.15, -0.1) is 0 Å². The lowest BCUT2D eigenvalue weighted by atomic mass is 10.1. The van der Waals surface area contributed by atoms with Gasteiger partial charge in [-0.3, -0.25) is 0 Å². The molecule has 0 aromatic heterocycles. The van der Waals surface area contributed by atoms with Gasteiger partial charge in [0.25, 0.3) is 0 Å². The first-order valence-electron chi connectivity index (χ1n) is 8.03. The Morgan fingerprint density at radius 2 is 1.21 bits per heavy atom. The normalized spacial score (nSPS) is 10.0. The number of hydrogen-bond donors (Lipinski definition) is 0. The first kappa shape index (κ1) is 15.8. The Morgan fingerprint density at radius 3 is 1.96 bits per heavy atom. The summed E-state index contributed by atoms with van der Waals surface area (Å²) in [5.41, 5.74) is 2.38. The molecule has 0 heterocycles. The summed E-state index contributed by atoms with van der Waals surface area (Å²) in [5, 5.41) is 5.10. The van der Waals surface area contributed by atoms with Gasteiger partial charge in [-0.1, -0.05) is 104 Å². The molecule has 0 N–H and O–H groups in total. The van der Waals surface area contributed by atoms with Crippen LogP contribution in [0.3, 0.4) is 0 Å². The predicted octanol–water partition coefficient (Wildman–Crippen LogP) is 6.97. The van der Waals surface area contributed by atoms with Crippen LogP contribution in [0.15, 0.2) is 98.1 Å². The van der Waals surface area contributed by atoms with Crippen LogP contribution < -0.4 is 0 Å². The molecule has 116 valence electrons. The highest BCUT2D eigenvalue weighted by Crippen LogP contribution is 2.18. The Kier molecular flexibility index (Phi) is 4.88. The molecule has 24 heavy (non-hydrogen) atoms. The summed E-state index contributed by atoms with van der Waals surface area (Å²) in [6.07, 6.45) is 3.76. The van der Waals surface area contributed by atoms with Crippen LogP contribution in [0.25, 0.3) is 33.7 Å². The molecule has 0 saturated heterocycles. The van der Waals surface area contributed by atoms with Gasteiger partial charge in [-0.2, -0.15) is 0 Å². The highest BCUT2D eigenvalue weighted by Gasteiger charge is 1.94. The smallest absolute Gasteiger partial charge is 0.0112 e. The molecule has 0 amide bonds. The number of hydrogen-bond acceptors (Lipinski definition) is 0. The lowest BCUT2D eigenvalue weighted by Gasteiger charge is -1.99. The van der Waals surface area contributed by atoms with E-state index in [2.05, 4.69) is 98.1 Å². The van der Waals surface area contributed by atoms with E-state index < -0.39 is 0 Å². The summed E-state index contributed by atoms with van der Waals surface area (Å²) < 4.78 is 0. The second-order valence-electron chi connectivity index (χ2n) is 5.58. The van der Waals surface area contributed by atoms with Gasteiger partial charge in [0.05, 0.1) is 0 Å². The van der Waals surface area contributed by atoms with Crippen molar-refractivity contribution >= 4 is 33.7 Å². The fourth-order valence-corrected chi connectivity index (χ4v) is 2.76. The standard InChI is InChI=1S/2C12H10/c1-2-10-7-5-8-11-6-3-4-9-12(10)11;1-2-10-7-8-11-5-3-4-6-12(11)9-10/h2*2-9H,1H2. The molecule has 4 aromatic carbocycles. The van der Waals surface area contributed by atoms with Crippen LogP contribution in [0.1, 0.15) is 11.1 Å². The van der Waals surface area contributed by atoms with E-state index in [4.69, 9.17) is 0 Å². The first-order valence-corrected chi connectivity index (χ1v) is 8.03. The molecule has 0 aliphatic heterocycles. The van der Waals surface area contributed by atoms with Gasteiger partial charge in [0.2, 0.25) is 0 Å². The van der Waals surface area contributed by atoms with Crippen molar-refractivity contribution in [1.29, 1.82) is 0 Å². The molecule has 4 rings (SSSR count). The lowest BCUT2D eigenvalue weighted by molar-refractivity contribution is 1.71. The lowest BCUT2D eigenvalue weighted by Crippen LogP contribution is -1.75. The van der Waals surface area contributed by atoms with Gasteiger partial charge in [-0.05, 0) is 38.7 Å². The fraction of sp³-hybridized carbons (Fsp3) is 0. The fourth-order valence-electron chi connectivity index (χ4n) is 2.76. The van der Waals surface area contributed by atoms with Crippen LogP contribution in [0.2, 0.25) is 0 Å². The monoisotopic (exact) mass is 308 g/mol. The molecule has 0 unspecified atom stereocenters. The average Bonchev–Trinajstić information content (AvgIpc) is 2.67. The van der Waals surface area contributed by atoms with Gasteiger partial charge in [0, 0.05) is 0 Å². The van der Waals surface area contributed by atoms with Gasteiger partial charge < -0.3 is 0 Å². The summed E-state index contributed by atoms with van der Waals surface area (Å²) in [6, 6.07) is 29.2. The number of benzene rings is 4. The van der Waals surface area contributed by atoms with Gasteiger partial charge in [0.15, 0.2) is 0 Å². The summed E-state index contributed by atoms with van der Waals surface area (Å²) in [4.78, 5) is 0. The molecule has 0 aliphatic rings. The largest absolute Gasteiger partial charge is 0.0985 e. The predicted molar refractivity (Wildman–Crippen MR) is 108 cm³/mol. The van der Waals surface area contributed by atoms with E-state index in [0.29, 0.717) is 0 Å². The van der Waals surface area contributed by atoms with Crippen LogP contribution in [0.5, 0.6) is 0 Å². The molecule has 0 fully saturated rings. The Labute approximate surface area is 143 Å². The van der Waals surface area contributed by atoms with E-state index in [-0.39, 0.29) is 0 Å². The third-order valence-electron chi connectivity index (χ3n) is 4.05. The maximum absolute atomic E-state index is 3.78. The molecule has 0 bridgehead atoms. The van der Waals surface area contributed by atoms with Crippen molar-refractivity contribution in [3.8, 4) is 0 Å². The maximum Gasteiger partial charge on any atom is -0.0112 e. The minimum Gasteiger partial charge on any atom is -0.0985 e. The van der Waals surface area contributed by atoms with E-state index >= 15 is 0 Å². The minimum absolute atomic E-state index is 1.17. The molecule has 0 spiro atoms. The van der Waals surface area contributed by atoms with Crippen molar-refractivity contribution in [1.82, 2.24) is 0 Å². The molecule has 0 heteroatoms. The Morgan fingerprint density at radius 1 is 0.542 bits per heavy atom. The Balaban J connectivity index is 0.000000141. The van der Waals surface area contributed by atoms with Crippen molar-refractivity contribution in [3.05, 3.63) is 109 Å². The van der Waals surface area contributed by atoms with Gasteiger partial charge in [0.1, 0.15) is 0 Å². The van der Waals surface area contributed by atoms with E-state index in [1.807, 2.05) is 12.2 Å². The SMILES string of the molecule is C=Cc1ccc2ccccc2c1.C=Cc1cccc2ccccc12. The zero-order valence-electron chi connectivity index (χ0n) is 13.7. The molecular formula is C24H20. The average molecular weight is 308 g/mol. The minimum atomic E-state index is 1.17. The molecule has 0 aliphatic carbocycles.